The van der Waals surface area contributed by atoms with E-state index in [9.17, 15) is 4.79 Å². The van der Waals surface area contributed by atoms with E-state index in [2.05, 4.69) is 59.6 Å². The van der Waals surface area contributed by atoms with Gasteiger partial charge in [-0.1, -0.05) is 56.1 Å². The number of carbonyl (C=O) groups excluding carboxylic acids is 1. The van der Waals surface area contributed by atoms with Gasteiger partial charge >= 0.3 is 0 Å². The van der Waals surface area contributed by atoms with Crippen molar-refractivity contribution in [3.05, 3.63) is 32.2 Å². The summed E-state index contributed by atoms with van der Waals surface area (Å²) in [6.45, 7) is 8.83. The monoisotopic (exact) mass is 480 g/mol. The summed E-state index contributed by atoms with van der Waals surface area (Å²) >= 11 is 7.04. The molecule has 1 aromatic carbocycles. The molecule has 130 valence electrons. The molecule has 0 amide bonds. The van der Waals surface area contributed by atoms with Crippen LogP contribution in [0.25, 0.3) is 0 Å². The van der Waals surface area contributed by atoms with E-state index in [1.54, 1.807) is 0 Å². The van der Waals surface area contributed by atoms with Crippen molar-refractivity contribution < 1.29 is 13.6 Å². The lowest BCUT2D eigenvalue weighted by Crippen LogP contribution is -2.46. The van der Waals surface area contributed by atoms with Gasteiger partial charge in [-0.15, -0.1) is 0 Å². The van der Waals surface area contributed by atoms with Crippen LogP contribution in [-0.2, 0) is 14.6 Å². The first-order valence-corrected chi connectivity index (χ1v) is 10.9. The SMILES string of the molecule is CCCC(C(C)(C)C)C(O[SiH3])(O[SiH3])c1ccc(Br)c(C=O)c1Br. The van der Waals surface area contributed by atoms with E-state index in [1.165, 1.54) is 0 Å². The molecule has 1 atom stereocenters. The number of carbonyl (C=O) groups is 1. The van der Waals surface area contributed by atoms with Gasteiger partial charge in [0.1, 0.15) is 21.0 Å². The van der Waals surface area contributed by atoms with Crippen LogP contribution in [0.15, 0.2) is 21.1 Å². The van der Waals surface area contributed by atoms with Crippen LogP contribution in [0.5, 0.6) is 0 Å². The number of hydrogen-bond acceptors (Lipinski definition) is 3. The fourth-order valence-corrected chi connectivity index (χ4v) is 6.28. The first kappa shape index (κ1) is 21.2. The van der Waals surface area contributed by atoms with E-state index in [1.807, 2.05) is 12.1 Å². The normalized spacial score (nSPS) is 16.3. The fourth-order valence-electron chi connectivity index (χ4n) is 3.20. The van der Waals surface area contributed by atoms with E-state index >= 15 is 0 Å². The van der Waals surface area contributed by atoms with E-state index in [0.717, 1.165) is 33.6 Å². The van der Waals surface area contributed by atoms with E-state index in [-0.39, 0.29) is 11.3 Å². The Kier molecular flexibility index (Phi) is 7.88. The van der Waals surface area contributed by atoms with E-state index < -0.39 is 5.79 Å². The summed E-state index contributed by atoms with van der Waals surface area (Å²) in [4.78, 5) is 11.5. The Hall–Kier alpha value is 0.204. The largest absolute Gasteiger partial charge is 0.398 e. The van der Waals surface area contributed by atoms with Crippen molar-refractivity contribution in [2.45, 2.75) is 46.3 Å². The maximum Gasteiger partial charge on any atom is 0.179 e. The van der Waals surface area contributed by atoms with Gasteiger partial charge < -0.3 is 8.85 Å². The summed E-state index contributed by atoms with van der Waals surface area (Å²) in [6.07, 6.45) is 2.90. The van der Waals surface area contributed by atoms with Gasteiger partial charge in [0.2, 0.25) is 0 Å². The highest BCUT2D eigenvalue weighted by molar-refractivity contribution is 9.11. The molecule has 0 radical (unpaired) electrons. The molecule has 7 heteroatoms. The minimum absolute atomic E-state index is 0.0126. The second-order valence-corrected chi connectivity index (χ2v) is 9.19. The average Bonchev–Trinajstić information content (AvgIpc) is 2.48. The standard InChI is InChI=1S/C16H26Br2O3Si2/c1-5-6-13(15(2,3)4)16(20-22,21-23)11-7-8-12(17)10(9-19)14(11)18/h7-9,13H,5-6H2,1-4,22-23H3. The Morgan fingerprint density at radius 1 is 1.22 bits per heavy atom. The zero-order chi connectivity index (χ0) is 17.8. The third-order valence-electron chi connectivity index (χ3n) is 4.31. The molecule has 23 heavy (non-hydrogen) atoms. The summed E-state index contributed by atoms with van der Waals surface area (Å²) in [7, 11) is 1.10. The van der Waals surface area contributed by atoms with Gasteiger partial charge in [-0.3, -0.25) is 4.79 Å². The highest BCUT2D eigenvalue weighted by Crippen LogP contribution is 2.49. The number of aldehydes is 1. The highest BCUT2D eigenvalue weighted by atomic mass is 79.9. The van der Waals surface area contributed by atoms with Gasteiger partial charge in [0.25, 0.3) is 0 Å². The molecular weight excluding hydrogens is 456 g/mol. The van der Waals surface area contributed by atoms with Crippen LogP contribution in [-0.4, -0.2) is 27.3 Å². The second kappa shape index (κ2) is 8.53. The Bertz CT molecular complexity index is 555. The molecule has 0 aromatic heterocycles. The molecule has 1 rings (SSSR count). The number of halogens is 2. The molecule has 1 aromatic rings. The molecular formula is C16H26Br2O3Si2. The maximum atomic E-state index is 11.5. The van der Waals surface area contributed by atoms with Crippen LogP contribution in [0.3, 0.4) is 0 Å². The number of benzene rings is 1. The Labute approximate surface area is 162 Å². The van der Waals surface area contributed by atoms with Gasteiger partial charge in [0.15, 0.2) is 12.1 Å². The van der Waals surface area contributed by atoms with Gasteiger partial charge in [-0.05, 0) is 33.8 Å². The highest BCUT2D eigenvalue weighted by Gasteiger charge is 2.47. The van der Waals surface area contributed by atoms with Crippen LogP contribution < -0.4 is 0 Å². The van der Waals surface area contributed by atoms with Crippen LogP contribution in [0.4, 0.5) is 0 Å². The van der Waals surface area contributed by atoms with Crippen LogP contribution in [0.1, 0.15) is 56.5 Å². The molecule has 0 aliphatic rings. The van der Waals surface area contributed by atoms with Gasteiger partial charge in [-0.2, -0.15) is 0 Å². The fraction of sp³-hybridized carbons (Fsp3) is 0.562. The van der Waals surface area contributed by atoms with Gasteiger partial charge in [0, 0.05) is 26.0 Å². The third-order valence-corrected chi connectivity index (χ3v) is 7.07. The zero-order valence-electron chi connectivity index (χ0n) is 14.7. The molecule has 3 nitrogen and oxygen atoms in total. The van der Waals surface area contributed by atoms with Crippen LogP contribution in [0, 0.1) is 11.3 Å². The minimum Gasteiger partial charge on any atom is -0.398 e. The van der Waals surface area contributed by atoms with Gasteiger partial charge in [0.05, 0.1) is 0 Å². The lowest BCUT2D eigenvalue weighted by molar-refractivity contribution is -0.190. The smallest absolute Gasteiger partial charge is 0.179 e. The topological polar surface area (TPSA) is 35.5 Å². The molecule has 0 bridgehead atoms. The number of rotatable bonds is 7. The summed E-state index contributed by atoms with van der Waals surface area (Å²) < 4.78 is 13.8. The van der Waals surface area contributed by atoms with Crippen molar-refractivity contribution in [3.8, 4) is 0 Å². The lowest BCUT2D eigenvalue weighted by atomic mass is 9.71. The zero-order valence-corrected chi connectivity index (χ0v) is 21.9. The molecule has 0 spiro atoms. The van der Waals surface area contributed by atoms with Gasteiger partial charge in [-0.25, -0.2) is 0 Å². The van der Waals surface area contributed by atoms with Crippen molar-refractivity contribution in [3.63, 3.8) is 0 Å². The predicted molar refractivity (Wildman–Crippen MR) is 109 cm³/mol. The molecule has 1 unspecified atom stereocenters. The van der Waals surface area contributed by atoms with Crippen molar-refractivity contribution in [1.29, 1.82) is 0 Å². The van der Waals surface area contributed by atoms with Crippen molar-refractivity contribution >= 4 is 59.1 Å². The summed E-state index contributed by atoms with van der Waals surface area (Å²) in [6, 6.07) is 3.89. The molecule has 0 aliphatic carbocycles. The summed E-state index contributed by atoms with van der Waals surface area (Å²) in [5.41, 5.74) is 1.51. The van der Waals surface area contributed by atoms with Crippen LogP contribution in [0.2, 0.25) is 0 Å². The average molecular weight is 482 g/mol. The molecule has 0 saturated carbocycles. The molecule has 0 aliphatic heterocycles. The predicted octanol–water partition coefficient (Wildman–Crippen LogP) is 3.23. The number of hydrogen-bond donors (Lipinski definition) is 0. The summed E-state index contributed by atoms with van der Waals surface area (Å²) in [5, 5.41) is 0. The second-order valence-electron chi connectivity index (χ2n) is 6.72. The minimum atomic E-state index is -0.802. The Balaban J connectivity index is 3.66. The van der Waals surface area contributed by atoms with E-state index in [4.69, 9.17) is 8.85 Å². The Morgan fingerprint density at radius 3 is 2.17 bits per heavy atom. The first-order chi connectivity index (χ1) is 10.7. The third kappa shape index (κ3) is 4.25. The quantitative estimate of drug-likeness (QED) is 0.340. The molecule has 0 saturated heterocycles. The molecule has 0 N–H and O–H groups in total. The van der Waals surface area contributed by atoms with E-state index in [0.29, 0.717) is 26.5 Å². The van der Waals surface area contributed by atoms with Crippen LogP contribution >= 0.6 is 31.9 Å². The first-order valence-electron chi connectivity index (χ1n) is 7.73. The maximum absolute atomic E-state index is 11.5. The van der Waals surface area contributed by atoms with Crippen molar-refractivity contribution in [1.82, 2.24) is 0 Å². The van der Waals surface area contributed by atoms with Crippen molar-refractivity contribution in [2.75, 3.05) is 0 Å². The Morgan fingerprint density at radius 2 is 1.78 bits per heavy atom. The lowest BCUT2D eigenvalue weighted by Gasteiger charge is -2.46. The molecule has 0 fully saturated rings. The summed E-state index contributed by atoms with van der Waals surface area (Å²) in [5.74, 6) is -0.615. The molecule has 0 heterocycles. The van der Waals surface area contributed by atoms with Crippen molar-refractivity contribution in [2.24, 2.45) is 11.3 Å².